The van der Waals surface area contributed by atoms with E-state index in [0.29, 0.717) is 30.9 Å². The van der Waals surface area contributed by atoms with Crippen LogP contribution in [0, 0.1) is 0 Å². The van der Waals surface area contributed by atoms with Crippen molar-refractivity contribution in [1.29, 1.82) is 0 Å². The maximum atomic E-state index is 5.20. The maximum Gasteiger partial charge on any atom is 0.229 e. The van der Waals surface area contributed by atoms with Gasteiger partial charge in [-0.25, -0.2) is 0 Å². The molecule has 0 spiro atoms. The summed E-state index contributed by atoms with van der Waals surface area (Å²) in [5, 5.41) is 9.77. The fourth-order valence-corrected chi connectivity index (χ4v) is 2.71. The number of nitrogens with zero attached hydrogens (tertiary/aromatic N) is 3. The van der Waals surface area contributed by atoms with E-state index < -0.39 is 0 Å². The Labute approximate surface area is 177 Å². The summed E-state index contributed by atoms with van der Waals surface area (Å²) in [6.07, 6.45) is 0. The lowest BCUT2D eigenvalue weighted by atomic mass is 10.2. The second-order valence-electron chi connectivity index (χ2n) is 7.01. The minimum absolute atomic E-state index is 0.205. The molecule has 0 radical (unpaired) electrons. The van der Waals surface area contributed by atoms with E-state index >= 15 is 0 Å². The van der Waals surface area contributed by atoms with Crippen LogP contribution in [0.15, 0.2) is 48.5 Å². The summed E-state index contributed by atoms with van der Waals surface area (Å²) in [5.41, 5.74) is 2.20. The Hall–Kier alpha value is -3.55. The molecule has 1 heterocycles. The molecule has 0 bridgehead atoms. The van der Waals surface area contributed by atoms with Crippen LogP contribution in [0.3, 0.4) is 0 Å². The Morgan fingerprint density at radius 1 is 0.667 bits per heavy atom. The summed E-state index contributed by atoms with van der Waals surface area (Å²) in [6, 6.07) is 15.9. The second kappa shape index (κ2) is 10.3. The van der Waals surface area contributed by atoms with Crippen LogP contribution >= 0.6 is 0 Å². The molecule has 0 aliphatic rings. The van der Waals surface area contributed by atoms with Crippen LogP contribution in [0.4, 0.5) is 17.8 Å². The minimum atomic E-state index is 0.205. The van der Waals surface area contributed by atoms with E-state index in [9.17, 15) is 0 Å². The average molecular weight is 409 g/mol. The average Bonchev–Trinajstić information content (AvgIpc) is 2.76. The molecular formula is C22H28N6O2. The lowest BCUT2D eigenvalue weighted by Gasteiger charge is -2.13. The van der Waals surface area contributed by atoms with Crippen LogP contribution in [-0.4, -0.2) is 35.2 Å². The number of ether oxygens (including phenoxy) is 2. The molecule has 3 aromatic rings. The molecule has 158 valence electrons. The summed E-state index contributed by atoms with van der Waals surface area (Å²) in [5.74, 6) is 3.18. The van der Waals surface area contributed by atoms with Gasteiger partial charge in [0.25, 0.3) is 0 Å². The zero-order valence-corrected chi connectivity index (χ0v) is 17.8. The molecule has 8 heteroatoms. The van der Waals surface area contributed by atoms with Crippen molar-refractivity contribution in [2.45, 2.75) is 33.0 Å². The molecule has 3 rings (SSSR count). The molecule has 0 unspecified atom stereocenters. The van der Waals surface area contributed by atoms with E-state index in [1.54, 1.807) is 14.2 Å². The van der Waals surface area contributed by atoms with Gasteiger partial charge in [-0.05, 0) is 49.2 Å². The van der Waals surface area contributed by atoms with Gasteiger partial charge in [0.05, 0.1) is 14.2 Å². The van der Waals surface area contributed by atoms with Crippen molar-refractivity contribution >= 4 is 17.8 Å². The van der Waals surface area contributed by atoms with Gasteiger partial charge in [0, 0.05) is 19.1 Å². The number of rotatable bonds is 10. The SMILES string of the molecule is COc1ccc(CNc2nc(NCc3ccc(OC)cc3)nc(NC(C)C)n2)cc1. The highest BCUT2D eigenvalue weighted by Crippen LogP contribution is 2.16. The van der Waals surface area contributed by atoms with Crippen molar-refractivity contribution in [3.05, 3.63) is 59.7 Å². The Morgan fingerprint density at radius 2 is 1.07 bits per heavy atom. The third kappa shape index (κ3) is 6.23. The molecule has 0 saturated heterocycles. The third-order valence-corrected chi connectivity index (χ3v) is 4.27. The van der Waals surface area contributed by atoms with E-state index in [1.165, 1.54) is 0 Å². The van der Waals surface area contributed by atoms with Gasteiger partial charge < -0.3 is 25.4 Å². The second-order valence-corrected chi connectivity index (χ2v) is 7.01. The normalized spacial score (nSPS) is 10.6. The van der Waals surface area contributed by atoms with Crippen molar-refractivity contribution in [1.82, 2.24) is 15.0 Å². The number of hydrogen-bond donors (Lipinski definition) is 3. The van der Waals surface area contributed by atoms with Gasteiger partial charge in [-0.3, -0.25) is 0 Å². The van der Waals surface area contributed by atoms with Crippen molar-refractivity contribution in [2.24, 2.45) is 0 Å². The molecule has 0 aliphatic heterocycles. The summed E-state index contributed by atoms with van der Waals surface area (Å²) in [7, 11) is 3.31. The molecule has 0 fully saturated rings. The fraction of sp³-hybridized carbons (Fsp3) is 0.318. The topological polar surface area (TPSA) is 93.2 Å². The number of hydrogen-bond acceptors (Lipinski definition) is 8. The van der Waals surface area contributed by atoms with Gasteiger partial charge in [-0.1, -0.05) is 24.3 Å². The lowest BCUT2D eigenvalue weighted by Crippen LogP contribution is -2.16. The summed E-state index contributed by atoms with van der Waals surface area (Å²) in [4.78, 5) is 13.5. The van der Waals surface area contributed by atoms with Crippen molar-refractivity contribution in [2.75, 3.05) is 30.2 Å². The molecule has 2 aromatic carbocycles. The Balaban J connectivity index is 1.69. The van der Waals surface area contributed by atoms with Crippen LogP contribution < -0.4 is 25.4 Å². The Kier molecular flexibility index (Phi) is 7.26. The summed E-state index contributed by atoms with van der Waals surface area (Å²) in [6.45, 7) is 5.26. The molecule has 8 nitrogen and oxygen atoms in total. The number of methoxy groups -OCH3 is 2. The van der Waals surface area contributed by atoms with Crippen molar-refractivity contribution < 1.29 is 9.47 Å². The minimum Gasteiger partial charge on any atom is -0.497 e. The summed E-state index contributed by atoms with van der Waals surface area (Å²) < 4.78 is 10.4. The predicted octanol–water partition coefficient (Wildman–Crippen LogP) is 3.93. The molecule has 30 heavy (non-hydrogen) atoms. The van der Waals surface area contributed by atoms with Gasteiger partial charge in [0.15, 0.2) is 0 Å². The van der Waals surface area contributed by atoms with Gasteiger partial charge in [0.1, 0.15) is 11.5 Å². The standard InChI is InChI=1S/C22H28N6O2/c1-15(2)25-22-27-20(23-13-16-5-9-18(29-3)10-6-16)26-21(28-22)24-14-17-7-11-19(30-4)12-8-17/h5-12,15H,13-14H2,1-4H3,(H3,23,24,25,26,27,28). The van der Waals surface area contributed by atoms with E-state index in [-0.39, 0.29) is 6.04 Å². The molecular weight excluding hydrogens is 380 g/mol. The quantitative estimate of drug-likeness (QED) is 0.465. The number of anilines is 3. The monoisotopic (exact) mass is 408 g/mol. The Morgan fingerprint density at radius 3 is 1.43 bits per heavy atom. The Bertz CT molecular complexity index is 860. The highest BCUT2D eigenvalue weighted by atomic mass is 16.5. The van der Waals surface area contributed by atoms with E-state index in [0.717, 1.165) is 22.6 Å². The number of aromatic nitrogens is 3. The van der Waals surface area contributed by atoms with Gasteiger partial charge >= 0.3 is 0 Å². The number of benzene rings is 2. The zero-order valence-electron chi connectivity index (χ0n) is 17.8. The molecule has 0 saturated carbocycles. The van der Waals surface area contributed by atoms with Crippen LogP contribution in [0.25, 0.3) is 0 Å². The first-order valence-electron chi connectivity index (χ1n) is 9.82. The van der Waals surface area contributed by atoms with Crippen molar-refractivity contribution in [3.8, 4) is 11.5 Å². The largest absolute Gasteiger partial charge is 0.497 e. The van der Waals surface area contributed by atoms with Crippen LogP contribution in [0.5, 0.6) is 11.5 Å². The number of nitrogens with one attached hydrogen (secondary N) is 3. The van der Waals surface area contributed by atoms with Gasteiger partial charge in [0.2, 0.25) is 17.8 Å². The predicted molar refractivity (Wildman–Crippen MR) is 119 cm³/mol. The molecule has 3 N–H and O–H groups in total. The first-order chi connectivity index (χ1) is 14.6. The molecule has 0 aliphatic carbocycles. The first kappa shape index (κ1) is 21.2. The molecule has 0 atom stereocenters. The van der Waals surface area contributed by atoms with Crippen LogP contribution in [-0.2, 0) is 13.1 Å². The molecule has 1 aromatic heterocycles. The smallest absolute Gasteiger partial charge is 0.229 e. The van der Waals surface area contributed by atoms with Gasteiger partial charge in [-0.15, -0.1) is 0 Å². The fourth-order valence-electron chi connectivity index (χ4n) is 2.71. The zero-order chi connectivity index (χ0) is 21.3. The van der Waals surface area contributed by atoms with Gasteiger partial charge in [-0.2, -0.15) is 15.0 Å². The van der Waals surface area contributed by atoms with Crippen molar-refractivity contribution in [3.63, 3.8) is 0 Å². The lowest BCUT2D eigenvalue weighted by molar-refractivity contribution is 0.414. The first-order valence-corrected chi connectivity index (χ1v) is 9.82. The maximum absolute atomic E-state index is 5.20. The summed E-state index contributed by atoms with van der Waals surface area (Å²) >= 11 is 0. The highest BCUT2D eigenvalue weighted by Gasteiger charge is 2.08. The third-order valence-electron chi connectivity index (χ3n) is 4.27. The van der Waals surface area contributed by atoms with E-state index in [4.69, 9.17) is 9.47 Å². The van der Waals surface area contributed by atoms with Crippen LogP contribution in [0.2, 0.25) is 0 Å². The van der Waals surface area contributed by atoms with Crippen LogP contribution in [0.1, 0.15) is 25.0 Å². The van der Waals surface area contributed by atoms with E-state index in [1.807, 2.05) is 62.4 Å². The highest BCUT2D eigenvalue weighted by molar-refractivity contribution is 5.43. The molecule has 0 amide bonds. The van der Waals surface area contributed by atoms with E-state index in [2.05, 4.69) is 30.9 Å².